The monoisotopic (exact) mass is 268 g/mol. The van der Waals surface area contributed by atoms with Gasteiger partial charge in [0.1, 0.15) is 0 Å². The number of hydrogen-bond donors (Lipinski definition) is 1. The Kier molecular flexibility index (Phi) is 7.44. The lowest BCUT2D eigenvalue weighted by Crippen LogP contribution is -2.42. The second-order valence-corrected chi connectivity index (χ2v) is 6.08. The molecule has 1 aliphatic rings. The minimum Gasteiger partial charge on any atom is -0.343 e. The Bertz CT molecular complexity index is 257. The summed E-state index contributed by atoms with van der Waals surface area (Å²) in [5, 5.41) is 0. The third-order valence-corrected chi connectivity index (χ3v) is 4.80. The molecule has 0 aliphatic carbocycles. The Balaban J connectivity index is 2.30. The summed E-state index contributed by atoms with van der Waals surface area (Å²) in [6, 6.07) is 0. The highest BCUT2D eigenvalue weighted by Crippen LogP contribution is 2.39. The van der Waals surface area contributed by atoms with Gasteiger partial charge in [0.05, 0.1) is 0 Å². The predicted molar refractivity (Wildman–Crippen MR) is 81.0 cm³/mol. The van der Waals surface area contributed by atoms with Gasteiger partial charge in [0.25, 0.3) is 0 Å². The Morgan fingerprint density at radius 1 is 1.16 bits per heavy atom. The summed E-state index contributed by atoms with van der Waals surface area (Å²) < 4.78 is 0. The highest BCUT2D eigenvalue weighted by atomic mass is 16.2. The van der Waals surface area contributed by atoms with Crippen LogP contribution in [0.15, 0.2) is 0 Å². The molecular weight excluding hydrogens is 236 g/mol. The van der Waals surface area contributed by atoms with Crippen LogP contribution >= 0.6 is 0 Å². The van der Waals surface area contributed by atoms with E-state index in [4.69, 9.17) is 5.73 Å². The van der Waals surface area contributed by atoms with E-state index in [9.17, 15) is 4.79 Å². The van der Waals surface area contributed by atoms with Crippen LogP contribution in [0.25, 0.3) is 0 Å². The maximum atomic E-state index is 12.1. The maximum Gasteiger partial charge on any atom is 0.222 e. The van der Waals surface area contributed by atoms with Gasteiger partial charge in [-0.1, -0.05) is 33.1 Å². The van der Waals surface area contributed by atoms with Gasteiger partial charge in [-0.2, -0.15) is 0 Å². The Labute approximate surface area is 118 Å². The lowest BCUT2D eigenvalue weighted by molar-refractivity contribution is -0.133. The van der Waals surface area contributed by atoms with Gasteiger partial charge in [-0.05, 0) is 44.1 Å². The van der Waals surface area contributed by atoms with Crippen molar-refractivity contribution >= 4 is 5.91 Å². The number of carbonyl (C=O) groups excluding carboxylic acids is 1. The molecular formula is C16H32N2O. The predicted octanol–water partition coefficient (Wildman–Crippen LogP) is 3.32. The highest BCUT2D eigenvalue weighted by Gasteiger charge is 2.33. The molecule has 0 saturated carbocycles. The van der Waals surface area contributed by atoms with E-state index < -0.39 is 0 Å². The van der Waals surface area contributed by atoms with Crippen LogP contribution in [0.4, 0.5) is 0 Å². The fourth-order valence-corrected chi connectivity index (χ4v) is 3.30. The van der Waals surface area contributed by atoms with E-state index in [0.29, 0.717) is 17.7 Å². The van der Waals surface area contributed by atoms with Crippen molar-refractivity contribution in [3.8, 4) is 0 Å². The zero-order valence-electron chi connectivity index (χ0n) is 12.9. The lowest BCUT2D eigenvalue weighted by atomic mass is 9.73. The molecule has 0 spiro atoms. The number of amides is 1. The van der Waals surface area contributed by atoms with Crippen LogP contribution in [0.3, 0.4) is 0 Å². The van der Waals surface area contributed by atoms with E-state index in [0.717, 1.165) is 38.9 Å². The summed E-state index contributed by atoms with van der Waals surface area (Å²) in [5.41, 5.74) is 5.99. The number of likely N-dealkylation sites (tertiary alicyclic amines) is 1. The van der Waals surface area contributed by atoms with Crippen LogP contribution in [0, 0.1) is 5.41 Å². The van der Waals surface area contributed by atoms with E-state index in [2.05, 4.69) is 18.7 Å². The first kappa shape index (κ1) is 16.5. The largest absolute Gasteiger partial charge is 0.343 e. The van der Waals surface area contributed by atoms with Crippen LogP contribution in [0.5, 0.6) is 0 Å². The van der Waals surface area contributed by atoms with Crippen molar-refractivity contribution in [2.24, 2.45) is 11.1 Å². The molecule has 0 aromatic carbocycles. The van der Waals surface area contributed by atoms with Crippen molar-refractivity contribution in [3.63, 3.8) is 0 Å². The average molecular weight is 268 g/mol. The van der Waals surface area contributed by atoms with E-state index in [1.807, 2.05) is 0 Å². The van der Waals surface area contributed by atoms with Gasteiger partial charge in [-0.15, -0.1) is 0 Å². The van der Waals surface area contributed by atoms with Gasteiger partial charge < -0.3 is 10.6 Å². The maximum absolute atomic E-state index is 12.1. The fourth-order valence-electron chi connectivity index (χ4n) is 3.30. The fraction of sp³-hybridized carbons (Fsp3) is 0.938. The van der Waals surface area contributed by atoms with Gasteiger partial charge in [0, 0.05) is 19.5 Å². The lowest BCUT2D eigenvalue weighted by Gasteiger charge is -2.41. The number of rotatable bonds is 8. The molecule has 0 aromatic heterocycles. The van der Waals surface area contributed by atoms with Gasteiger partial charge in [-0.3, -0.25) is 4.79 Å². The van der Waals surface area contributed by atoms with Gasteiger partial charge in [0.15, 0.2) is 0 Å². The van der Waals surface area contributed by atoms with Crippen molar-refractivity contribution in [1.82, 2.24) is 4.90 Å². The second kappa shape index (κ2) is 8.57. The molecule has 3 heteroatoms. The average Bonchev–Trinajstić information content (AvgIpc) is 2.44. The molecule has 1 aliphatic heterocycles. The molecule has 1 fully saturated rings. The Morgan fingerprint density at radius 3 is 2.37 bits per heavy atom. The third kappa shape index (κ3) is 5.13. The first-order chi connectivity index (χ1) is 9.17. The number of hydrogen-bond acceptors (Lipinski definition) is 2. The number of nitrogens with zero attached hydrogens (tertiary/aromatic N) is 1. The van der Waals surface area contributed by atoms with Crippen LogP contribution in [-0.4, -0.2) is 30.4 Å². The number of carbonyl (C=O) groups is 1. The number of nitrogens with two attached hydrogens (primary N) is 1. The van der Waals surface area contributed by atoms with Crippen molar-refractivity contribution in [2.75, 3.05) is 19.6 Å². The van der Waals surface area contributed by atoms with E-state index in [-0.39, 0.29) is 0 Å². The van der Waals surface area contributed by atoms with E-state index in [1.54, 1.807) is 0 Å². The molecule has 0 radical (unpaired) electrons. The molecule has 0 atom stereocenters. The third-order valence-electron chi connectivity index (χ3n) is 4.80. The Hall–Kier alpha value is -0.570. The van der Waals surface area contributed by atoms with Crippen molar-refractivity contribution in [1.29, 1.82) is 0 Å². The van der Waals surface area contributed by atoms with Crippen molar-refractivity contribution in [2.45, 2.75) is 71.6 Å². The topological polar surface area (TPSA) is 46.3 Å². The molecule has 1 heterocycles. The smallest absolute Gasteiger partial charge is 0.222 e. The highest BCUT2D eigenvalue weighted by molar-refractivity contribution is 5.76. The Morgan fingerprint density at radius 2 is 1.84 bits per heavy atom. The van der Waals surface area contributed by atoms with Gasteiger partial charge >= 0.3 is 0 Å². The van der Waals surface area contributed by atoms with Crippen LogP contribution in [0.1, 0.15) is 71.6 Å². The molecule has 0 aromatic rings. The molecule has 112 valence electrons. The molecule has 3 nitrogen and oxygen atoms in total. The zero-order chi connectivity index (χ0) is 14.1. The first-order valence-corrected chi connectivity index (χ1v) is 8.15. The summed E-state index contributed by atoms with van der Waals surface area (Å²) in [6.07, 6.45) is 10.1. The number of piperidine rings is 1. The zero-order valence-corrected chi connectivity index (χ0v) is 12.9. The van der Waals surface area contributed by atoms with Crippen LogP contribution in [-0.2, 0) is 4.79 Å². The summed E-state index contributed by atoms with van der Waals surface area (Å²) in [4.78, 5) is 14.2. The van der Waals surface area contributed by atoms with Gasteiger partial charge in [-0.25, -0.2) is 0 Å². The summed E-state index contributed by atoms with van der Waals surface area (Å²) in [5.74, 6) is 0.359. The molecule has 2 N–H and O–H groups in total. The van der Waals surface area contributed by atoms with Gasteiger partial charge in [0.2, 0.25) is 5.91 Å². The van der Waals surface area contributed by atoms with E-state index >= 15 is 0 Å². The van der Waals surface area contributed by atoms with E-state index in [1.165, 1.54) is 32.1 Å². The number of unbranched alkanes of at least 4 members (excludes halogenated alkanes) is 2. The SMILES string of the molecule is CCCC1(CC)CCN(C(=O)CCCCCN)CC1. The molecule has 1 amide bonds. The summed E-state index contributed by atoms with van der Waals surface area (Å²) in [7, 11) is 0. The minimum absolute atomic E-state index is 0.359. The molecule has 19 heavy (non-hydrogen) atoms. The second-order valence-electron chi connectivity index (χ2n) is 6.08. The van der Waals surface area contributed by atoms with Crippen LogP contribution in [0.2, 0.25) is 0 Å². The molecule has 0 unspecified atom stereocenters. The van der Waals surface area contributed by atoms with Crippen molar-refractivity contribution < 1.29 is 4.79 Å². The standard InChI is InChI=1S/C16H32N2O/c1-3-9-16(4-2)10-13-18(14-11-16)15(19)8-6-5-7-12-17/h3-14,17H2,1-2H3. The minimum atomic E-state index is 0.359. The first-order valence-electron chi connectivity index (χ1n) is 8.15. The van der Waals surface area contributed by atoms with Crippen LogP contribution < -0.4 is 5.73 Å². The normalized spacial score (nSPS) is 18.6. The van der Waals surface area contributed by atoms with Crippen molar-refractivity contribution in [3.05, 3.63) is 0 Å². The molecule has 0 bridgehead atoms. The molecule has 1 saturated heterocycles. The quantitative estimate of drug-likeness (QED) is 0.686. The summed E-state index contributed by atoms with van der Waals surface area (Å²) in [6.45, 7) is 7.27. The molecule has 1 rings (SSSR count). The summed E-state index contributed by atoms with van der Waals surface area (Å²) >= 11 is 0.